The number of aryl methyl sites for hydroxylation is 1. The number of hydrogen-bond donors (Lipinski definition) is 1. The predicted octanol–water partition coefficient (Wildman–Crippen LogP) is 1.63. The quantitative estimate of drug-likeness (QED) is 0.904. The van der Waals surface area contributed by atoms with Crippen LogP contribution in [0.1, 0.15) is 11.5 Å². The molecule has 6 heteroatoms. The fourth-order valence-electron chi connectivity index (χ4n) is 2.67. The molecule has 1 N–H and O–H groups in total. The fraction of sp³-hybridized carbons (Fsp3) is 0.471. The van der Waals surface area contributed by atoms with Crippen molar-refractivity contribution in [1.82, 2.24) is 10.1 Å². The lowest BCUT2D eigenvalue weighted by atomic mass is 10.1. The van der Waals surface area contributed by atoms with Gasteiger partial charge in [0.15, 0.2) is 0 Å². The molecule has 6 nitrogen and oxygen atoms in total. The molecule has 0 unspecified atom stereocenters. The van der Waals surface area contributed by atoms with E-state index in [1.165, 1.54) is 0 Å². The van der Waals surface area contributed by atoms with E-state index < -0.39 is 5.60 Å². The number of aliphatic hydroxyl groups is 1. The molecule has 1 aliphatic heterocycles. The number of hydrogen-bond acceptors (Lipinski definition) is 6. The highest BCUT2D eigenvalue weighted by molar-refractivity contribution is 5.21. The summed E-state index contributed by atoms with van der Waals surface area (Å²) >= 11 is 0. The van der Waals surface area contributed by atoms with Crippen LogP contribution in [0.25, 0.3) is 0 Å². The van der Waals surface area contributed by atoms with Gasteiger partial charge in [0.2, 0.25) is 0 Å². The minimum atomic E-state index is -1.05. The van der Waals surface area contributed by atoms with Gasteiger partial charge in [0.25, 0.3) is 0 Å². The summed E-state index contributed by atoms with van der Waals surface area (Å²) < 4.78 is 16.4. The van der Waals surface area contributed by atoms with Crippen molar-refractivity contribution in [2.75, 3.05) is 32.9 Å². The summed E-state index contributed by atoms with van der Waals surface area (Å²) in [6, 6.07) is 11.4. The minimum Gasteiger partial charge on any atom is -0.490 e. The first-order valence-electron chi connectivity index (χ1n) is 7.75. The van der Waals surface area contributed by atoms with E-state index >= 15 is 0 Å². The molecule has 2 heterocycles. The Kier molecular flexibility index (Phi) is 4.95. The second kappa shape index (κ2) is 7.12. The molecule has 3 rings (SSSR count). The van der Waals surface area contributed by atoms with Gasteiger partial charge < -0.3 is 19.1 Å². The van der Waals surface area contributed by atoms with Crippen LogP contribution in [0.5, 0.6) is 5.75 Å². The number of ether oxygens (including phenoxy) is 2. The number of nitrogens with zero attached hydrogens (tertiary/aromatic N) is 2. The summed E-state index contributed by atoms with van der Waals surface area (Å²) in [6.07, 6.45) is 0. The van der Waals surface area contributed by atoms with Gasteiger partial charge in [-0.05, 0) is 19.1 Å². The Morgan fingerprint density at radius 1 is 1.35 bits per heavy atom. The van der Waals surface area contributed by atoms with Crippen molar-refractivity contribution in [3.8, 4) is 5.75 Å². The molecule has 1 fully saturated rings. The van der Waals surface area contributed by atoms with Crippen molar-refractivity contribution in [1.29, 1.82) is 0 Å². The zero-order valence-corrected chi connectivity index (χ0v) is 13.3. The largest absolute Gasteiger partial charge is 0.490 e. The molecule has 0 aliphatic carbocycles. The predicted molar refractivity (Wildman–Crippen MR) is 84.2 cm³/mol. The number of β-amino-alcohol motifs (C(OH)–C–C–N with tert-alkyl or cyclic N) is 1. The Balaban J connectivity index is 1.61. The van der Waals surface area contributed by atoms with Crippen LogP contribution in [0.2, 0.25) is 0 Å². The SMILES string of the molecule is Cc1cc(CN2CCOC[C@](O)(COc3ccccc3)C2)no1. The Hall–Kier alpha value is -1.89. The second-order valence-corrected chi connectivity index (χ2v) is 6.02. The van der Waals surface area contributed by atoms with Gasteiger partial charge >= 0.3 is 0 Å². The zero-order chi connectivity index (χ0) is 16.1. The lowest BCUT2D eigenvalue weighted by Crippen LogP contribution is -2.48. The van der Waals surface area contributed by atoms with Gasteiger partial charge in [-0.3, -0.25) is 4.90 Å². The number of rotatable bonds is 5. The third-order valence-corrected chi connectivity index (χ3v) is 3.75. The van der Waals surface area contributed by atoms with E-state index in [1.54, 1.807) is 0 Å². The summed E-state index contributed by atoms with van der Waals surface area (Å²) in [5.74, 6) is 1.53. The van der Waals surface area contributed by atoms with E-state index in [-0.39, 0.29) is 13.2 Å². The van der Waals surface area contributed by atoms with Gasteiger partial charge in [-0.2, -0.15) is 0 Å². The first-order chi connectivity index (χ1) is 11.1. The molecule has 1 aliphatic rings. The fourth-order valence-corrected chi connectivity index (χ4v) is 2.67. The van der Waals surface area contributed by atoms with Gasteiger partial charge in [0.05, 0.1) is 18.9 Å². The van der Waals surface area contributed by atoms with Crippen LogP contribution in [0.4, 0.5) is 0 Å². The number of para-hydroxylation sites is 1. The lowest BCUT2D eigenvalue weighted by molar-refractivity contribution is -0.0647. The highest BCUT2D eigenvalue weighted by Crippen LogP contribution is 2.18. The first kappa shape index (κ1) is 16.0. The Morgan fingerprint density at radius 2 is 2.17 bits per heavy atom. The van der Waals surface area contributed by atoms with E-state index in [1.807, 2.05) is 43.3 Å². The van der Waals surface area contributed by atoms with Crippen LogP contribution in [-0.4, -0.2) is 53.7 Å². The molecule has 23 heavy (non-hydrogen) atoms. The molecule has 0 bridgehead atoms. The van der Waals surface area contributed by atoms with E-state index in [9.17, 15) is 5.11 Å². The van der Waals surface area contributed by atoms with Crippen molar-refractivity contribution in [2.24, 2.45) is 0 Å². The van der Waals surface area contributed by atoms with E-state index in [0.717, 1.165) is 23.7 Å². The van der Waals surface area contributed by atoms with Gasteiger partial charge in [-0.25, -0.2) is 0 Å². The van der Waals surface area contributed by atoms with Crippen molar-refractivity contribution in [2.45, 2.75) is 19.1 Å². The third-order valence-electron chi connectivity index (χ3n) is 3.75. The average Bonchev–Trinajstić information content (AvgIpc) is 2.86. The zero-order valence-electron chi connectivity index (χ0n) is 13.3. The van der Waals surface area contributed by atoms with Crippen LogP contribution in [-0.2, 0) is 11.3 Å². The average molecular weight is 318 g/mol. The molecule has 0 radical (unpaired) electrons. The molecule has 0 saturated carbocycles. The third kappa shape index (κ3) is 4.54. The molecule has 1 aromatic heterocycles. The smallest absolute Gasteiger partial charge is 0.134 e. The highest BCUT2D eigenvalue weighted by Gasteiger charge is 2.33. The van der Waals surface area contributed by atoms with Crippen molar-refractivity contribution >= 4 is 0 Å². The maximum Gasteiger partial charge on any atom is 0.134 e. The molecule has 1 atom stereocenters. The topological polar surface area (TPSA) is 68.0 Å². The summed E-state index contributed by atoms with van der Waals surface area (Å²) in [5, 5.41) is 14.8. The number of aromatic nitrogens is 1. The van der Waals surface area contributed by atoms with Gasteiger partial charge in [-0.15, -0.1) is 0 Å². The van der Waals surface area contributed by atoms with Crippen molar-refractivity contribution in [3.63, 3.8) is 0 Å². The van der Waals surface area contributed by atoms with Crippen LogP contribution in [0, 0.1) is 6.92 Å². The maximum atomic E-state index is 10.8. The van der Waals surface area contributed by atoms with Crippen molar-refractivity contribution in [3.05, 3.63) is 47.9 Å². The van der Waals surface area contributed by atoms with Gasteiger partial charge in [-0.1, -0.05) is 23.4 Å². The summed E-state index contributed by atoms with van der Waals surface area (Å²) in [6.45, 7) is 4.70. The van der Waals surface area contributed by atoms with E-state index in [4.69, 9.17) is 14.0 Å². The van der Waals surface area contributed by atoms with Gasteiger partial charge in [0.1, 0.15) is 23.7 Å². The minimum absolute atomic E-state index is 0.186. The van der Waals surface area contributed by atoms with E-state index in [0.29, 0.717) is 19.7 Å². The molecule has 124 valence electrons. The van der Waals surface area contributed by atoms with E-state index in [2.05, 4.69) is 10.1 Å². The van der Waals surface area contributed by atoms with Crippen LogP contribution < -0.4 is 4.74 Å². The Morgan fingerprint density at radius 3 is 2.91 bits per heavy atom. The normalized spacial score (nSPS) is 22.7. The molecular formula is C17H22N2O4. The maximum absolute atomic E-state index is 10.8. The summed E-state index contributed by atoms with van der Waals surface area (Å²) in [4.78, 5) is 2.11. The summed E-state index contributed by atoms with van der Waals surface area (Å²) in [5.41, 5.74) is -0.193. The molecule has 2 aromatic rings. The standard InChI is InChI=1S/C17H22N2O4/c1-14-9-15(18-23-14)10-19-7-8-21-12-17(20,11-19)13-22-16-5-3-2-4-6-16/h2-6,9,20H,7-8,10-13H2,1H3/t17-/m0/s1. The molecule has 0 amide bonds. The first-order valence-corrected chi connectivity index (χ1v) is 7.75. The van der Waals surface area contributed by atoms with Crippen LogP contribution >= 0.6 is 0 Å². The monoisotopic (exact) mass is 318 g/mol. The van der Waals surface area contributed by atoms with Crippen LogP contribution in [0.3, 0.4) is 0 Å². The van der Waals surface area contributed by atoms with Gasteiger partial charge in [0, 0.05) is 25.7 Å². The molecular weight excluding hydrogens is 296 g/mol. The Bertz CT molecular complexity index is 616. The molecule has 0 spiro atoms. The Labute approximate surface area is 135 Å². The van der Waals surface area contributed by atoms with Crippen molar-refractivity contribution < 1.29 is 19.1 Å². The summed E-state index contributed by atoms with van der Waals surface area (Å²) in [7, 11) is 0. The van der Waals surface area contributed by atoms with Crippen LogP contribution in [0.15, 0.2) is 40.9 Å². The number of benzene rings is 1. The second-order valence-electron chi connectivity index (χ2n) is 6.02. The lowest BCUT2D eigenvalue weighted by Gasteiger charge is -2.30. The highest BCUT2D eigenvalue weighted by atomic mass is 16.5. The molecule has 1 aromatic carbocycles. The molecule has 1 saturated heterocycles.